The van der Waals surface area contributed by atoms with Crippen LogP contribution in [0.2, 0.25) is 0 Å². The van der Waals surface area contributed by atoms with Gasteiger partial charge in [0.15, 0.2) is 6.10 Å². The van der Waals surface area contributed by atoms with E-state index in [1.807, 2.05) is 43.3 Å². The van der Waals surface area contributed by atoms with Crippen LogP contribution in [0.15, 0.2) is 78.9 Å². The van der Waals surface area contributed by atoms with E-state index in [2.05, 4.69) is 0 Å². The Labute approximate surface area is 183 Å². The number of fused-ring (bicyclic) bond motifs is 1. The van der Waals surface area contributed by atoms with Gasteiger partial charge in [0, 0.05) is 12.1 Å². The average molecular weight is 429 g/mol. The van der Waals surface area contributed by atoms with Crippen molar-refractivity contribution in [2.45, 2.75) is 19.1 Å². The molecule has 8 heteroatoms. The van der Waals surface area contributed by atoms with Gasteiger partial charge in [-0.2, -0.15) is 0 Å². The van der Waals surface area contributed by atoms with Crippen molar-refractivity contribution in [2.75, 3.05) is 9.96 Å². The van der Waals surface area contributed by atoms with Crippen molar-refractivity contribution >= 4 is 28.9 Å². The van der Waals surface area contributed by atoms with Crippen LogP contribution in [-0.2, 0) is 14.4 Å². The predicted octanol–water partition coefficient (Wildman–Crippen LogP) is 3.95. The van der Waals surface area contributed by atoms with Gasteiger partial charge in [-0.15, -0.1) is 0 Å². The van der Waals surface area contributed by atoms with E-state index in [1.165, 1.54) is 22.1 Å². The molecule has 0 radical (unpaired) electrons. The number of amides is 2. The molecule has 3 aromatic carbocycles. The molecule has 0 spiro atoms. The van der Waals surface area contributed by atoms with Crippen LogP contribution in [0.1, 0.15) is 17.2 Å². The zero-order valence-corrected chi connectivity index (χ0v) is 17.1. The molecule has 3 atom stereocenters. The Morgan fingerprint density at radius 1 is 0.875 bits per heavy atom. The third-order valence-electron chi connectivity index (χ3n) is 5.81. The lowest BCUT2D eigenvalue weighted by molar-refractivity contribution is -0.384. The number of carbonyl (C=O) groups is 2. The second-order valence-electron chi connectivity index (χ2n) is 7.86. The normalized spacial score (nSPS) is 22.3. The van der Waals surface area contributed by atoms with Crippen LogP contribution in [0.25, 0.3) is 0 Å². The standard InChI is InChI=1S/C24H19N3O5/c1-15-7-5-10-17(13-15)25-23(28)20-21(16-8-3-2-4-9-16)26(32-22(20)24(25)29)18-11-6-12-19(14-18)27(30)31/h2-14,20-22H,1H3/t20-,21+,22+/m0/s1. The molecule has 0 aliphatic carbocycles. The number of hydrogen-bond acceptors (Lipinski definition) is 6. The molecule has 0 aromatic heterocycles. The van der Waals surface area contributed by atoms with Gasteiger partial charge in [-0.25, -0.2) is 9.96 Å². The van der Waals surface area contributed by atoms with Crippen molar-refractivity contribution in [1.29, 1.82) is 0 Å². The van der Waals surface area contributed by atoms with Crippen molar-refractivity contribution < 1.29 is 19.3 Å². The second kappa shape index (κ2) is 7.58. The summed E-state index contributed by atoms with van der Waals surface area (Å²) in [6.07, 6.45) is -1.02. The number of anilines is 2. The van der Waals surface area contributed by atoms with Gasteiger partial charge in [0.1, 0.15) is 5.92 Å². The number of rotatable bonds is 4. The third-order valence-corrected chi connectivity index (χ3v) is 5.81. The molecule has 160 valence electrons. The van der Waals surface area contributed by atoms with Crippen molar-refractivity contribution in [3.05, 3.63) is 100 Å². The average Bonchev–Trinajstić information content (AvgIpc) is 3.30. The molecule has 0 N–H and O–H groups in total. The number of hydroxylamine groups is 1. The highest BCUT2D eigenvalue weighted by molar-refractivity contribution is 6.24. The SMILES string of the molecule is Cc1cccc(N2C(=O)[C@H]3[C@@H](c4ccccc4)N(c4cccc([N+](=O)[O-])c4)O[C@H]3C2=O)c1. The van der Waals surface area contributed by atoms with Crippen LogP contribution < -0.4 is 9.96 Å². The molecule has 2 fully saturated rings. The van der Waals surface area contributed by atoms with Crippen molar-refractivity contribution in [3.63, 3.8) is 0 Å². The Balaban J connectivity index is 1.59. The summed E-state index contributed by atoms with van der Waals surface area (Å²) in [6.45, 7) is 1.89. The minimum Gasteiger partial charge on any atom is -0.273 e. The summed E-state index contributed by atoms with van der Waals surface area (Å²) in [4.78, 5) is 44.8. The van der Waals surface area contributed by atoms with Crippen molar-refractivity contribution in [2.24, 2.45) is 5.92 Å². The lowest BCUT2D eigenvalue weighted by Gasteiger charge is -2.28. The highest BCUT2D eigenvalue weighted by Gasteiger charge is 2.60. The number of nitrogens with zero attached hydrogens (tertiary/aromatic N) is 3. The molecule has 3 aromatic rings. The highest BCUT2D eigenvalue weighted by atomic mass is 16.7. The summed E-state index contributed by atoms with van der Waals surface area (Å²) in [5, 5.41) is 12.7. The quantitative estimate of drug-likeness (QED) is 0.354. The molecule has 2 aliphatic heterocycles. The summed E-state index contributed by atoms with van der Waals surface area (Å²) < 4.78 is 0. The van der Waals surface area contributed by atoms with E-state index in [0.717, 1.165) is 11.1 Å². The second-order valence-corrected chi connectivity index (χ2v) is 7.86. The van der Waals surface area contributed by atoms with E-state index in [9.17, 15) is 19.7 Å². The monoisotopic (exact) mass is 429 g/mol. The van der Waals surface area contributed by atoms with Gasteiger partial charge in [0.2, 0.25) is 5.91 Å². The summed E-state index contributed by atoms with van der Waals surface area (Å²) >= 11 is 0. The van der Waals surface area contributed by atoms with Crippen LogP contribution in [0.3, 0.4) is 0 Å². The maximum atomic E-state index is 13.5. The van der Waals surface area contributed by atoms with Crippen molar-refractivity contribution in [3.8, 4) is 0 Å². The number of nitro benzene ring substituents is 1. The van der Waals surface area contributed by atoms with E-state index in [-0.39, 0.29) is 11.6 Å². The number of non-ortho nitro benzene ring substituents is 1. The third kappa shape index (κ3) is 3.12. The fourth-order valence-electron chi connectivity index (χ4n) is 4.39. The number of hydrogen-bond donors (Lipinski definition) is 0. The first-order valence-electron chi connectivity index (χ1n) is 10.2. The zero-order chi connectivity index (χ0) is 22.4. The van der Waals surface area contributed by atoms with Crippen LogP contribution in [0.4, 0.5) is 17.1 Å². The zero-order valence-electron chi connectivity index (χ0n) is 17.1. The maximum Gasteiger partial charge on any atom is 0.271 e. The molecule has 2 amide bonds. The molecule has 5 rings (SSSR count). The number of benzene rings is 3. The summed E-state index contributed by atoms with van der Waals surface area (Å²) in [5.41, 5.74) is 2.52. The van der Waals surface area contributed by atoms with Gasteiger partial charge < -0.3 is 0 Å². The maximum absolute atomic E-state index is 13.5. The minimum absolute atomic E-state index is 0.103. The molecule has 2 heterocycles. The molecule has 2 saturated heterocycles. The lowest BCUT2D eigenvalue weighted by atomic mass is 9.90. The molecule has 0 saturated carbocycles. The first kappa shape index (κ1) is 19.9. The Kier molecular flexibility index (Phi) is 4.71. The van der Waals surface area contributed by atoms with Gasteiger partial charge in [0.25, 0.3) is 11.6 Å². The topological polar surface area (TPSA) is 93.0 Å². The summed E-state index contributed by atoms with van der Waals surface area (Å²) in [6, 6.07) is 21.8. The van der Waals surface area contributed by atoms with Crippen LogP contribution in [0.5, 0.6) is 0 Å². The smallest absolute Gasteiger partial charge is 0.271 e. The van der Waals surface area contributed by atoms with Gasteiger partial charge in [-0.1, -0.05) is 48.5 Å². The summed E-state index contributed by atoms with van der Waals surface area (Å²) in [7, 11) is 0. The fraction of sp³-hybridized carbons (Fsp3) is 0.167. The molecular weight excluding hydrogens is 410 g/mol. The van der Waals surface area contributed by atoms with Crippen LogP contribution in [0, 0.1) is 23.0 Å². The number of aryl methyl sites for hydroxylation is 1. The van der Waals surface area contributed by atoms with Gasteiger partial charge >= 0.3 is 0 Å². The van der Waals surface area contributed by atoms with E-state index in [0.29, 0.717) is 11.4 Å². The molecule has 0 unspecified atom stereocenters. The molecule has 2 aliphatic rings. The highest BCUT2D eigenvalue weighted by Crippen LogP contribution is 2.47. The lowest BCUT2D eigenvalue weighted by Crippen LogP contribution is -2.37. The van der Waals surface area contributed by atoms with Crippen molar-refractivity contribution in [1.82, 2.24) is 0 Å². The Hall–Kier alpha value is -4.04. The first-order chi connectivity index (χ1) is 15.5. The summed E-state index contributed by atoms with van der Waals surface area (Å²) in [5.74, 6) is -1.59. The Bertz CT molecular complexity index is 1230. The molecular formula is C24H19N3O5. The minimum atomic E-state index is -1.02. The first-order valence-corrected chi connectivity index (χ1v) is 10.2. The number of nitro groups is 1. The van der Waals surface area contributed by atoms with E-state index >= 15 is 0 Å². The largest absolute Gasteiger partial charge is 0.273 e. The van der Waals surface area contributed by atoms with Gasteiger partial charge in [-0.3, -0.25) is 24.5 Å². The van der Waals surface area contributed by atoms with E-state index < -0.39 is 28.9 Å². The Morgan fingerprint density at radius 2 is 1.59 bits per heavy atom. The van der Waals surface area contributed by atoms with Gasteiger partial charge in [-0.05, 0) is 36.2 Å². The van der Waals surface area contributed by atoms with Crippen LogP contribution >= 0.6 is 0 Å². The Morgan fingerprint density at radius 3 is 2.31 bits per heavy atom. The van der Waals surface area contributed by atoms with Gasteiger partial charge in [0.05, 0.1) is 22.3 Å². The number of imide groups is 1. The van der Waals surface area contributed by atoms with E-state index in [1.54, 1.807) is 30.3 Å². The molecule has 0 bridgehead atoms. The van der Waals surface area contributed by atoms with Crippen LogP contribution in [-0.4, -0.2) is 22.8 Å². The predicted molar refractivity (Wildman–Crippen MR) is 117 cm³/mol. The molecule has 32 heavy (non-hydrogen) atoms. The fourth-order valence-corrected chi connectivity index (χ4v) is 4.39. The molecule has 8 nitrogen and oxygen atoms in total. The van der Waals surface area contributed by atoms with E-state index in [4.69, 9.17) is 4.84 Å². The number of carbonyl (C=O) groups excluding carboxylic acids is 2.